The van der Waals surface area contributed by atoms with Gasteiger partial charge in [0.1, 0.15) is 18.5 Å². The van der Waals surface area contributed by atoms with E-state index in [4.69, 9.17) is 19.9 Å². The summed E-state index contributed by atoms with van der Waals surface area (Å²) >= 11 is 0. The van der Waals surface area contributed by atoms with Gasteiger partial charge in [0.25, 0.3) is 0 Å². The summed E-state index contributed by atoms with van der Waals surface area (Å²) in [6, 6.07) is 5.82. The number of allylic oxidation sites excluding steroid dienone is 4. The lowest BCUT2D eigenvalue weighted by molar-refractivity contribution is -0.234. The van der Waals surface area contributed by atoms with Crippen LogP contribution in [0.4, 0.5) is 14.5 Å². The van der Waals surface area contributed by atoms with Crippen molar-refractivity contribution >= 4 is 28.9 Å². The van der Waals surface area contributed by atoms with Crippen molar-refractivity contribution < 1.29 is 47.3 Å². The second-order valence-corrected chi connectivity index (χ2v) is 16.4. The summed E-state index contributed by atoms with van der Waals surface area (Å²) in [4.78, 5) is 51.9. The number of anilines is 1. The molecule has 52 heavy (non-hydrogen) atoms. The highest BCUT2D eigenvalue weighted by Gasteiger charge is 2.80. The maximum absolute atomic E-state index is 17.7. The third-order valence-corrected chi connectivity index (χ3v) is 12.9. The number of alkyl halides is 2. The van der Waals surface area contributed by atoms with E-state index >= 15 is 8.78 Å². The number of ether oxygens (including phenoxy) is 3. The predicted octanol–water partition coefficient (Wildman–Crippen LogP) is 5.36. The van der Waals surface area contributed by atoms with Gasteiger partial charge in [-0.25, -0.2) is 8.78 Å². The quantitative estimate of drug-likeness (QED) is 0.258. The highest BCUT2D eigenvalue weighted by atomic mass is 19.1. The molecule has 0 spiro atoms. The molecule has 12 atom stereocenters. The van der Waals surface area contributed by atoms with Crippen LogP contribution in [0.2, 0.25) is 0 Å². The number of Topliss-reactive ketones (excluding diaryl/α,β-unsaturated/α-hetero) is 2. The Balaban J connectivity index is 1.20. The summed E-state index contributed by atoms with van der Waals surface area (Å²) in [5.41, 5.74) is -0.0961. The summed E-state index contributed by atoms with van der Waals surface area (Å²) in [5.74, 6) is -3.18. The first-order valence-corrected chi connectivity index (χ1v) is 18.6. The molecular formula is C40H52F2N2O8. The molecule has 1 heterocycles. The summed E-state index contributed by atoms with van der Waals surface area (Å²) < 4.78 is 52.6. The molecule has 5 aliphatic rings. The molecule has 1 unspecified atom stereocenters. The molecular weight excluding hydrogens is 674 g/mol. The minimum atomic E-state index is -2.30. The number of hydrogen-bond donors (Lipinski definition) is 3. The van der Waals surface area contributed by atoms with Crippen LogP contribution < -0.4 is 15.8 Å². The van der Waals surface area contributed by atoms with Crippen LogP contribution in [0.25, 0.3) is 0 Å². The average molecular weight is 727 g/mol. The van der Waals surface area contributed by atoms with Crippen LogP contribution in [0.15, 0.2) is 48.1 Å². The summed E-state index contributed by atoms with van der Waals surface area (Å²) in [5, 5.41) is 14.6. The molecule has 3 saturated carbocycles. The Morgan fingerprint density at radius 1 is 1.12 bits per heavy atom. The molecule has 0 radical (unpaired) electrons. The topological polar surface area (TPSA) is 154 Å². The van der Waals surface area contributed by atoms with Crippen LogP contribution in [0.1, 0.15) is 80.1 Å². The molecule has 0 aromatic heterocycles. The van der Waals surface area contributed by atoms with E-state index in [0.717, 1.165) is 12.5 Å². The van der Waals surface area contributed by atoms with E-state index in [1.165, 1.54) is 12.2 Å². The lowest BCUT2D eigenvalue weighted by Crippen LogP contribution is -2.71. The number of nitrogens with two attached hydrogens (primary N) is 1. The molecule has 10 nitrogen and oxygen atoms in total. The van der Waals surface area contributed by atoms with Gasteiger partial charge in [0.15, 0.2) is 29.1 Å². The monoisotopic (exact) mass is 726 g/mol. The molecule has 4 fully saturated rings. The van der Waals surface area contributed by atoms with E-state index in [2.05, 4.69) is 5.32 Å². The number of fused-ring (bicyclic) bond motifs is 7. The molecule has 12 heteroatoms. The Labute approximate surface area is 303 Å². The van der Waals surface area contributed by atoms with Crippen molar-refractivity contribution in [2.45, 2.75) is 122 Å². The second-order valence-electron chi connectivity index (χ2n) is 16.4. The maximum Gasteiger partial charge on any atom is 0.227 e. The zero-order valence-electron chi connectivity index (χ0n) is 30.8. The molecule has 1 aliphatic heterocycles. The van der Waals surface area contributed by atoms with Crippen molar-refractivity contribution in [2.75, 3.05) is 11.9 Å². The van der Waals surface area contributed by atoms with E-state index in [-0.39, 0.29) is 48.9 Å². The first-order valence-electron chi connectivity index (χ1n) is 18.6. The van der Waals surface area contributed by atoms with E-state index < -0.39 is 88.7 Å². The first kappa shape index (κ1) is 38.4. The molecule has 1 aromatic carbocycles. The summed E-state index contributed by atoms with van der Waals surface area (Å²) in [6.45, 7) is 10.3. The Morgan fingerprint density at radius 3 is 2.46 bits per heavy atom. The molecule has 284 valence electrons. The number of aliphatic hydroxyl groups excluding tert-OH is 1. The van der Waals surface area contributed by atoms with Crippen molar-refractivity contribution in [3.05, 3.63) is 48.1 Å². The molecule has 4 aliphatic carbocycles. The smallest absolute Gasteiger partial charge is 0.227 e. The number of rotatable bonds is 12. The number of hydrogen-bond acceptors (Lipinski definition) is 9. The summed E-state index contributed by atoms with van der Waals surface area (Å²) in [7, 11) is 0. The number of halogens is 2. The van der Waals surface area contributed by atoms with Crippen molar-refractivity contribution in [1.82, 2.24) is 0 Å². The van der Waals surface area contributed by atoms with E-state index in [9.17, 15) is 24.3 Å². The maximum atomic E-state index is 17.7. The molecule has 4 N–H and O–H groups in total. The molecule has 1 amide bonds. The van der Waals surface area contributed by atoms with Crippen LogP contribution in [-0.2, 0) is 28.7 Å². The number of amides is 1. The average Bonchev–Trinajstić information content (AvgIpc) is 3.58. The summed E-state index contributed by atoms with van der Waals surface area (Å²) in [6.07, 6.45) is 0.262. The van der Waals surface area contributed by atoms with E-state index in [1.54, 1.807) is 38.1 Å². The molecule has 1 saturated heterocycles. The standard InChI is InChI=1S/C40H52F2N2O8/c1-7-8-34-51-33-18-26-27-17-29(41)28-16-24(45)13-14-37(28,5)39(27,42)31(47)19-38(26,6)40(33,52-34)32(48)20-50-25-11-9-23(10-12-25)44-36(49)22(4)15-30(46)35(43)21(2)3/h9-14,16,21-22,26-27,29,31,33-35,47H,7-8,15,17-20,43H2,1-6H3,(H,44,49)/t22-,26+,27+,29+,31+,33-,34?,35+,37+,38+,39+,40-/m1/s1. The Bertz CT molecular complexity index is 1660. The lowest BCUT2D eigenvalue weighted by Gasteiger charge is -2.63. The Kier molecular flexibility index (Phi) is 10.2. The lowest BCUT2D eigenvalue weighted by atomic mass is 9.44. The van der Waals surface area contributed by atoms with Crippen molar-refractivity contribution in [1.29, 1.82) is 0 Å². The minimum Gasteiger partial charge on any atom is -0.486 e. The first-order chi connectivity index (χ1) is 24.4. The minimum absolute atomic E-state index is 0.0236. The van der Waals surface area contributed by atoms with Gasteiger partial charge in [-0.1, -0.05) is 47.1 Å². The fourth-order valence-electron chi connectivity index (χ4n) is 9.94. The Hall–Kier alpha value is -3.32. The third-order valence-electron chi connectivity index (χ3n) is 12.9. The number of benzene rings is 1. The fraction of sp³-hybridized carbons (Fsp3) is 0.650. The van der Waals surface area contributed by atoms with Crippen molar-refractivity contribution in [3.8, 4) is 5.75 Å². The number of carbonyl (C=O) groups is 4. The number of carbonyl (C=O) groups excluding carboxylic acids is 4. The van der Waals surface area contributed by atoms with Crippen LogP contribution in [0.5, 0.6) is 5.75 Å². The van der Waals surface area contributed by atoms with E-state index in [0.29, 0.717) is 17.9 Å². The zero-order valence-corrected chi connectivity index (χ0v) is 30.8. The SMILES string of the molecule is CCCC1O[C@@H]2C[C@H]3[C@@H]4C[C@H](F)C5=CC(=O)C=C[C@]5(C)[C@@]4(F)[C@@H](O)C[C@]3(C)[C@]2(C(=O)COc2ccc(NC(=O)[C@H](C)CC(=O)[C@@H](N)C(C)C)cc2)O1. The van der Waals surface area contributed by atoms with Crippen molar-refractivity contribution in [3.63, 3.8) is 0 Å². The van der Waals surface area contributed by atoms with Crippen LogP contribution in [0.3, 0.4) is 0 Å². The van der Waals surface area contributed by atoms with Gasteiger partial charge in [0.2, 0.25) is 11.7 Å². The zero-order chi connectivity index (χ0) is 38.0. The highest BCUT2D eigenvalue weighted by molar-refractivity contribution is 6.01. The number of aliphatic hydroxyl groups is 1. The van der Waals surface area contributed by atoms with Crippen LogP contribution in [0, 0.1) is 34.5 Å². The molecule has 0 bridgehead atoms. The van der Waals surface area contributed by atoms with Crippen LogP contribution in [-0.4, -0.2) is 77.0 Å². The van der Waals surface area contributed by atoms with Gasteiger partial charge >= 0.3 is 0 Å². The normalized spacial score (nSPS) is 38.8. The number of ketones is 3. The highest BCUT2D eigenvalue weighted by Crippen LogP contribution is 2.72. The van der Waals surface area contributed by atoms with Gasteiger partial charge in [-0.05, 0) is 86.4 Å². The van der Waals surface area contributed by atoms with Crippen LogP contribution >= 0.6 is 0 Å². The predicted molar refractivity (Wildman–Crippen MR) is 189 cm³/mol. The van der Waals surface area contributed by atoms with Gasteiger partial charge in [0.05, 0.1) is 18.2 Å². The fourth-order valence-corrected chi connectivity index (χ4v) is 9.94. The molecule has 1 aromatic rings. The Morgan fingerprint density at radius 2 is 1.81 bits per heavy atom. The molecule has 6 rings (SSSR count). The second kappa shape index (κ2) is 13.8. The van der Waals surface area contributed by atoms with Gasteiger partial charge in [-0.3, -0.25) is 19.2 Å². The van der Waals surface area contributed by atoms with E-state index in [1.807, 2.05) is 27.7 Å². The van der Waals surface area contributed by atoms with Gasteiger partial charge in [-0.2, -0.15) is 0 Å². The van der Waals surface area contributed by atoms with Crippen molar-refractivity contribution in [2.24, 2.45) is 40.2 Å². The third kappa shape index (κ3) is 5.88. The van der Waals surface area contributed by atoms with Gasteiger partial charge in [0, 0.05) is 34.8 Å². The number of nitrogens with one attached hydrogen (secondary N) is 1. The van der Waals surface area contributed by atoms with Gasteiger partial charge < -0.3 is 30.4 Å². The largest absolute Gasteiger partial charge is 0.486 e. The van der Waals surface area contributed by atoms with Gasteiger partial charge in [-0.15, -0.1) is 0 Å².